The summed E-state index contributed by atoms with van der Waals surface area (Å²) in [5, 5.41) is 9.10. The standard InChI is InChI=1S/C34H36FNO4.ClH/c1-25(24-40-31-15-9-10-26(18-31)19-34(37)38)21-36(22-29-16-17-30(39-2)20-33(29)35)23-32(27-11-5-3-6-12-27)28-13-7-4-8-14-28;/h3-18,20,25,32H,19,21-24H2,1-2H3,(H,37,38);1H. The summed E-state index contributed by atoms with van der Waals surface area (Å²) in [7, 11) is 1.53. The van der Waals surface area contributed by atoms with Gasteiger partial charge in [-0.25, -0.2) is 4.39 Å². The Labute approximate surface area is 248 Å². The van der Waals surface area contributed by atoms with Gasteiger partial charge in [-0.2, -0.15) is 0 Å². The Kier molecular flexibility index (Phi) is 12.2. The zero-order chi connectivity index (χ0) is 28.3. The smallest absolute Gasteiger partial charge is 0.307 e. The predicted molar refractivity (Wildman–Crippen MR) is 163 cm³/mol. The van der Waals surface area contributed by atoms with Gasteiger partial charge in [0.25, 0.3) is 0 Å². The van der Waals surface area contributed by atoms with E-state index in [1.54, 1.807) is 30.3 Å². The van der Waals surface area contributed by atoms with Crippen molar-refractivity contribution < 1.29 is 23.8 Å². The van der Waals surface area contributed by atoms with Crippen molar-refractivity contribution in [2.75, 3.05) is 26.8 Å². The van der Waals surface area contributed by atoms with Gasteiger partial charge in [-0.05, 0) is 34.9 Å². The average molecular weight is 578 g/mol. The van der Waals surface area contributed by atoms with E-state index in [0.717, 1.165) is 0 Å². The Morgan fingerprint density at radius 3 is 2.10 bits per heavy atom. The first-order valence-corrected chi connectivity index (χ1v) is 13.5. The number of ether oxygens (including phenoxy) is 2. The highest BCUT2D eigenvalue weighted by Crippen LogP contribution is 2.28. The second-order valence-electron chi connectivity index (χ2n) is 10.2. The Bertz CT molecular complexity index is 1330. The normalized spacial score (nSPS) is 11.6. The molecule has 4 aromatic carbocycles. The van der Waals surface area contributed by atoms with E-state index in [9.17, 15) is 4.79 Å². The second-order valence-corrected chi connectivity index (χ2v) is 10.2. The molecule has 0 spiro atoms. The molecule has 0 aliphatic carbocycles. The fraction of sp³-hybridized carbons (Fsp3) is 0.265. The average Bonchev–Trinajstić information content (AvgIpc) is 2.96. The molecule has 216 valence electrons. The molecular weight excluding hydrogens is 541 g/mol. The van der Waals surface area contributed by atoms with E-state index >= 15 is 4.39 Å². The number of rotatable bonds is 14. The lowest BCUT2D eigenvalue weighted by molar-refractivity contribution is -0.136. The third kappa shape index (κ3) is 9.62. The van der Waals surface area contributed by atoms with Gasteiger partial charge in [-0.1, -0.05) is 85.8 Å². The highest BCUT2D eigenvalue weighted by molar-refractivity contribution is 5.85. The van der Waals surface area contributed by atoms with Crippen LogP contribution in [0.1, 0.15) is 35.1 Å². The Morgan fingerprint density at radius 1 is 0.854 bits per heavy atom. The molecular formula is C34H37ClFNO4. The van der Waals surface area contributed by atoms with Crippen LogP contribution in [-0.2, 0) is 17.8 Å². The maximum absolute atomic E-state index is 15.0. The first kappa shape index (κ1) is 31.7. The predicted octanol–water partition coefficient (Wildman–Crippen LogP) is 7.23. The minimum absolute atomic E-state index is 0. The number of carboxylic acids is 1. The number of nitrogens with zero attached hydrogens (tertiary/aromatic N) is 1. The van der Waals surface area contributed by atoms with Crippen LogP contribution < -0.4 is 9.47 Å². The molecule has 4 rings (SSSR count). The second kappa shape index (κ2) is 15.8. The molecule has 0 aliphatic heterocycles. The molecule has 0 fully saturated rings. The number of benzene rings is 4. The zero-order valence-corrected chi connectivity index (χ0v) is 24.2. The molecule has 0 saturated carbocycles. The molecule has 0 aliphatic rings. The first-order valence-electron chi connectivity index (χ1n) is 13.5. The minimum Gasteiger partial charge on any atom is -0.497 e. The number of aliphatic carboxylic acids is 1. The Hall–Kier alpha value is -3.87. The fourth-order valence-electron chi connectivity index (χ4n) is 4.91. The van der Waals surface area contributed by atoms with E-state index < -0.39 is 5.97 Å². The van der Waals surface area contributed by atoms with E-state index in [1.807, 2.05) is 42.5 Å². The van der Waals surface area contributed by atoms with Crippen molar-refractivity contribution in [2.24, 2.45) is 5.92 Å². The van der Waals surface area contributed by atoms with Crippen molar-refractivity contribution in [3.05, 3.63) is 131 Å². The van der Waals surface area contributed by atoms with Gasteiger partial charge in [0, 0.05) is 43.1 Å². The molecule has 0 bridgehead atoms. The van der Waals surface area contributed by atoms with Crippen LogP contribution in [0.3, 0.4) is 0 Å². The molecule has 5 nitrogen and oxygen atoms in total. The van der Waals surface area contributed by atoms with Crippen molar-refractivity contribution in [3.63, 3.8) is 0 Å². The molecule has 41 heavy (non-hydrogen) atoms. The monoisotopic (exact) mass is 577 g/mol. The summed E-state index contributed by atoms with van der Waals surface area (Å²) in [6.07, 6.45) is -0.0473. The molecule has 4 aromatic rings. The van der Waals surface area contributed by atoms with Crippen molar-refractivity contribution in [3.8, 4) is 11.5 Å². The summed E-state index contributed by atoms with van der Waals surface area (Å²) >= 11 is 0. The molecule has 0 heterocycles. The van der Waals surface area contributed by atoms with Gasteiger partial charge in [0.15, 0.2) is 0 Å². The molecule has 0 amide bonds. The number of hydrogen-bond donors (Lipinski definition) is 1. The molecule has 0 aromatic heterocycles. The summed E-state index contributed by atoms with van der Waals surface area (Å²) in [6, 6.07) is 33.0. The highest BCUT2D eigenvalue weighted by atomic mass is 35.5. The first-order chi connectivity index (χ1) is 19.4. The van der Waals surface area contributed by atoms with E-state index in [-0.39, 0.29) is 36.5 Å². The van der Waals surface area contributed by atoms with Gasteiger partial charge in [-0.15, -0.1) is 12.4 Å². The van der Waals surface area contributed by atoms with Crippen molar-refractivity contribution >= 4 is 18.4 Å². The Morgan fingerprint density at radius 2 is 1.51 bits per heavy atom. The number of carboxylic acid groups (broad SMARTS) is 1. The van der Waals surface area contributed by atoms with Crippen LogP contribution in [0.2, 0.25) is 0 Å². The number of carbonyl (C=O) groups is 1. The van der Waals surface area contributed by atoms with Crippen LogP contribution >= 0.6 is 12.4 Å². The summed E-state index contributed by atoms with van der Waals surface area (Å²) in [4.78, 5) is 13.4. The SMILES string of the molecule is COc1ccc(CN(CC(C)COc2cccc(CC(=O)O)c2)CC(c2ccccc2)c2ccccc2)c(F)c1.Cl. The summed E-state index contributed by atoms with van der Waals surface area (Å²) in [5.74, 6) is 0.190. The van der Waals surface area contributed by atoms with Gasteiger partial charge in [0.05, 0.1) is 20.1 Å². The van der Waals surface area contributed by atoms with Crippen LogP contribution in [0.15, 0.2) is 103 Å². The zero-order valence-electron chi connectivity index (χ0n) is 23.4. The van der Waals surface area contributed by atoms with Crippen LogP contribution in [0.5, 0.6) is 11.5 Å². The third-order valence-electron chi connectivity index (χ3n) is 6.86. The topological polar surface area (TPSA) is 59.0 Å². The van der Waals surface area contributed by atoms with Crippen LogP contribution in [0.25, 0.3) is 0 Å². The fourth-order valence-corrected chi connectivity index (χ4v) is 4.91. The molecule has 0 saturated heterocycles. The summed E-state index contributed by atoms with van der Waals surface area (Å²) in [6.45, 7) is 4.36. The van der Waals surface area contributed by atoms with Gasteiger partial charge in [0.2, 0.25) is 0 Å². The lowest BCUT2D eigenvalue weighted by Crippen LogP contribution is -2.34. The molecule has 1 N–H and O–H groups in total. The van der Waals surface area contributed by atoms with Crippen molar-refractivity contribution in [1.29, 1.82) is 0 Å². The van der Waals surface area contributed by atoms with E-state index in [0.29, 0.717) is 48.9 Å². The van der Waals surface area contributed by atoms with Crippen LogP contribution in [-0.4, -0.2) is 42.8 Å². The molecule has 1 unspecified atom stereocenters. The maximum Gasteiger partial charge on any atom is 0.307 e. The van der Waals surface area contributed by atoms with Gasteiger partial charge in [-0.3, -0.25) is 9.69 Å². The van der Waals surface area contributed by atoms with E-state index in [1.165, 1.54) is 24.3 Å². The summed E-state index contributed by atoms with van der Waals surface area (Å²) in [5.41, 5.74) is 3.71. The van der Waals surface area contributed by atoms with E-state index in [4.69, 9.17) is 14.6 Å². The lowest BCUT2D eigenvalue weighted by atomic mass is 9.90. The van der Waals surface area contributed by atoms with Crippen molar-refractivity contribution in [1.82, 2.24) is 4.90 Å². The maximum atomic E-state index is 15.0. The van der Waals surface area contributed by atoms with Crippen molar-refractivity contribution in [2.45, 2.75) is 25.8 Å². The van der Waals surface area contributed by atoms with Gasteiger partial charge < -0.3 is 14.6 Å². The molecule has 1 atom stereocenters. The molecule has 0 radical (unpaired) electrons. The van der Waals surface area contributed by atoms with Gasteiger partial charge >= 0.3 is 5.97 Å². The number of hydrogen-bond acceptors (Lipinski definition) is 4. The highest BCUT2D eigenvalue weighted by Gasteiger charge is 2.21. The van der Waals surface area contributed by atoms with Crippen LogP contribution in [0.4, 0.5) is 4.39 Å². The number of methoxy groups -OCH3 is 1. The molecule has 7 heteroatoms. The van der Waals surface area contributed by atoms with Gasteiger partial charge in [0.1, 0.15) is 17.3 Å². The Balaban J connectivity index is 0.00000462. The quantitative estimate of drug-likeness (QED) is 0.171. The lowest BCUT2D eigenvalue weighted by Gasteiger charge is -2.31. The van der Waals surface area contributed by atoms with E-state index in [2.05, 4.69) is 36.1 Å². The summed E-state index contributed by atoms with van der Waals surface area (Å²) < 4.78 is 26.3. The van der Waals surface area contributed by atoms with Crippen LogP contribution in [0, 0.1) is 11.7 Å². The third-order valence-corrected chi connectivity index (χ3v) is 6.86. The number of halogens is 2. The largest absolute Gasteiger partial charge is 0.497 e. The minimum atomic E-state index is -0.877.